The number of nitrogens with zero attached hydrogens (tertiary/aromatic N) is 4. The first-order valence-electron chi connectivity index (χ1n) is 8.94. The number of hydrazine groups is 2. The molecule has 1 aliphatic heterocycles. The van der Waals surface area contributed by atoms with Gasteiger partial charge in [-0.2, -0.15) is 5.10 Å². The molecule has 0 saturated heterocycles. The lowest BCUT2D eigenvalue weighted by molar-refractivity contribution is 0.288. The summed E-state index contributed by atoms with van der Waals surface area (Å²) in [6.07, 6.45) is 2.74. The van der Waals surface area contributed by atoms with E-state index in [1.54, 1.807) is 0 Å². The Hall–Kier alpha value is -2.77. The Kier molecular flexibility index (Phi) is 4.87. The van der Waals surface area contributed by atoms with Gasteiger partial charge in [0.05, 0.1) is 24.0 Å². The Bertz CT molecular complexity index is 994. The number of aromatic nitrogens is 2. The van der Waals surface area contributed by atoms with Crippen molar-refractivity contribution in [2.24, 2.45) is 5.10 Å². The Morgan fingerprint density at radius 3 is 2.78 bits per heavy atom. The molecule has 0 bridgehead atoms. The Morgan fingerprint density at radius 1 is 1.11 bits per heavy atom. The maximum atomic E-state index is 4.76. The third-order valence-corrected chi connectivity index (χ3v) is 5.04. The maximum Gasteiger partial charge on any atom is 0.177 e. The van der Waals surface area contributed by atoms with E-state index < -0.39 is 0 Å². The van der Waals surface area contributed by atoms with Crippen LogP contribution in [-0.2, 0) is 13.0 Å². The summed E-state index contributed by atoms with van der Waals surface area (Å²) >= 11 is 4.76. The summed E-state index contributed by atoms with van der Waals surface area (Å²) in [4.78, 5) is 0. The monoisotopic (exact) mass is 378 g/mol. The van der Waals surface area contributed by atoms with Gasteiger partial charge in [0.25, 0.3) is 0 Å². The van der Waals surface area contributed by atoms with Gasteiger partial charge in [0.2, 0.25) is 0 Å². The molecule has 4 rings (SSSR count). The average Bonchev–Trinajstić information content (AvgIpc) is 3.28. The van der Waals surface area contributed by atoms with Crippen LogP contribution < -0.4 is 11.1 Å². The molecule has 0 fully saturated rings. The quantitative estimate of drug-likeness (QED) is 0.597. The highest BCUT2D eigenvalue weighted by molar-refractivity contribution is 7.80. The van der Waals surface area contributed by atoms with Crippen LogP contribution in [0.5, 0.6) is 0 Å². The molecule has 0 aliphatic carbocycles. The lowest BCUT2D eigenvalue weighted by Crippen LogP contribution is -2.40. The van der Waals surface area contributed by atoms with Crippen LogP contribution in [0.4, 0.5) is 0 Å². The van der Waals surface area contributed by atoms with Crippen molar-refractivity contribution in [2.75, 3.05) is 0 Å². The van der Waals surface area contributed by atoms with Gasteiger partial charge in [-0.15, -0.1) is 23.3 Å². The van der Waals surface area contributed by atoms with Crippen LogP contribution >= 0.6 is 12.6 Å². The second-order valence-electron chi connectivity index (χ2n) is 6.51. The Balaban J connectivity index is 1.64. The summed E-state index contributed by atoms with van der Waals surface area (Å²) in [6.45, 7) is 4.91. The van der Waals surface area contributed by atoms with Gasteiger partial charge in [0.15, 0.2) is 5.84 Å². The van der Waals surface area contributed by atoms with Crippen molar-refractivity contribution in [1.82, 2.24) is 25.9 Å². The second kappa shape index (κ2) is 7.46. The molecule has 3 aromatic rings. The molecule has 2 N–H and O–H groups in total. The summed E-state index contributed by atoms with van der Waals surface area (Å²) in [6, 6.07) is 16.7. The fourth-order valence-electron chi connectivity index (χ4n) is 3.26. The molecule has 6 nitrogen and oxygen atoms in total. The molecule has 0 unspecified atom stereocenters. The van der Waals surface area contributed by atoms with Crippen LogP contribution in [0.2, 0.25) is 0 Å². The first-order chi connectivity index (χ1) is 13.2. The summed E-state index contributed by atoms with van der Waals surface area (Å²) in [7, 11) is 0. The van der Waals surface area contributed by atoms with Gasteiger partial charge in [-0.05, 0) is 30.5 Å². The van der Waals surface area contributed by atoms with Gasteiger partial charge in [-0.25, -0.2) is 10.2 Å². The molecular weight excluding hydrogens is 356 g/mol. The highest BCUT2D eigenvalue weighted by Gasteiger charge is 2.24. The van der Waals surface area contributed by atoms with Crippen LogP contribution in [-0.4, -0.2) is 20.6 Å². The van der Waals surface area contributed by atoms with E-state index in [9.17, 15) is 0 Å². The molecular formula is C20H22N6S. The molecule has 1 aromatic heterocycles. The predicted octanol–water partition coefficient (Wildman–Crippen LogP) is 3.22. The summed E-state index contributed by atoms with van der Waals surface area (Å²) in [5.41, 5.74) is 11.5. The highest BCUT2D eigenvalue weighted by atomic mass is 32.1. The molecule has 0 spiro atoms. The minimum atomic E-state index is 0.678. The van der Waals surface area contributed by atoms with E-state index in [1.165, 1.54) is 16.7 Å². The minimum absolute atomic E-state index is 0.678. The fraction of sp³-hybridized carbons (Fsp3) is 0.200. The average molecular weight is 379 g/mol. The minimum Gasteiger partial charge on any atom is -0.266 e. The van der Waals surface area contributed by atoms with Crippen molar-refractivity contribution in [2.45, 2.75) is 31.8 Å². The van der Waals surface area contributed by atoms with E-state index in [0.29, 0.717) is 6.54 Å². The van der Waals surface area contributed by atoms with Crippen molar-refractivity contribution >= 4 is 18.5 Å². The van der Waals surface area contributed by atoms with Crippen LogP contribution in [0.15, 0.2) is 64.9 Å². The van der Waals surface area contributed by atoms with E-state index >= 15 is 0 Å². The Labute approximate surface area is 164 Å². The summed E-state index contributed by atoms with van der Waals surface area (Å²) in [5.74, 6) is 0.765. The van der Waals surface area contributed by atoms with Crippen molar-refractivity contribution < 1.29 is 0 Å². The number of aryl methyl sites for hydroxylation is 2. The number of benzene rings is 2. The molecule has 0 atom stereocenters. The number of hydrogen-bond acceptors (Lipinski definition) is 6. The van der Waals surface area contributed by atoms with Crippen molar-refractivity contribution in [3.8, 4) is 5.69 Å². The van der Waals surface area contributed by atoms with Crippen molar-refractivity contribution in [3.63, 3.8) is 0 Å². The zero-order valence-corrected chi connectivity index (χ0v) is 16.2. The zero-order chi connectivity index (χ0) is 18.8. The van der Waals surface area contributed by atoms with E-state index in [-0.39, 0.29) is 0 Å². The first kappa shape index (κ1) is 17.6. The van der Waals surface area contributed by atoms with Gasteiger partial charge in [-0.3, -0.25) is 5.01 Å². The molecule has 2 heterocycles. The van der Waals surface area contributed by atoms with Gasteiger partial charge < -0.3 is 0 Å². The molecule has 2 aromatic carbocycles. The first-order valence-corrected chi connectivity index (χ1v) is 9.39. The second-order valence-corrected chi connectivity index (χ2v) is 6.93. The highest BCUT2D eigenvalue weighted by Crippen LogP contribution is 2.24. The predicted molar refractivity (Wildman–Crippen MR) is 110 cm³/mol. The Morgan fingerprint density at radius 2 is 1.96 bits per heavy atom. The van der Waals surface area contributed by atoms with Gasteiger partial charge in [0, 0.05) is 0 Å². The molecule has 0 amide bonds. The van der Waals surface area contributed by atoms with E-state index in [2.05, 4.69) is 71.5 Å². The third kappa shape index (κ3) is 3.43. The normalized spacial score (nSPS) is 13.6. The molecule has 1 aliphatic rings. The molecule has 27 heavy (non-hydrogen) atoms. The topological polar surface area (TPSA) is 57.5 Å². The van der Waals surface area contributed by atoms with Crippen molar-refractivity contribution in [3.05, 3.63) is 77.0 Å². The zero-order valence-electron chi connectivity index (χ0n) is 15.3. The fourth-order valence-corrected chi connectivity index (χ4v) is 3.57. The number of hydrogen-bond donors (Lipinski definition) is 3. The van der Waals surface area contributed by atoms with Crippen LogP contribution in [0, 0.1) is 6.92 Å². The maximum absolute atomic E-state index is 4.76. The number of thiol groups is 1. The molecule has 7 heteroatoms. The summed E-state index contributed by atoms with van der Waals surface area (Å²) < 4.78 is 1.86. The largest absolute Gasteiger partial charge is 0.266 e. The van der Waals surface area contributed by atoms with E-state index in [1.807, 2.05) is 28.0 Å². The lowest BCUT2D eigenvalue weighted by Gasteiger charge is -2.19. The third-order valence-electron chi connectivity index (χ3n) is 4.61. The van der Waals surface area contributed by atoms with E-state index in [4.69, 9.17) is 12.6 Å². The van der Waals surface area contributed by atoms with Gasteiger partial charge in [-0.1, -0.05) is 55.0 Å². The van der Waals surface area contributed by atoms with Crippen LogP contribution in [0.3, 0.4) is 0 Å². The molecule has 0 saturated carbocycles. The number of rotatable bonds is 5. The van der Waals surface area contributed by atoms with Gasteiger partial charge in [0.1, 0.15) is 5.03 Å². The van der Waals surface area contributed by atoms with Crippen LogP contribution in [0.25, 0.3) is 5.69 Å². The SMILES string of the molecule is CCc1ccccc1-n1ncc(C2=NNNN2Cc2cccc(C)c2)c1S. The summed E-state index contributed by atoms with van der Waals surface area (Å²) in [5, 5.41) is 11.7. The number of amidine groups is 1. The van der Waals surface area contributed by atoms with E-state index in [0.717, 1.165) is 28.5 Å². The molecule has 138 valence electrons. The number of nitrogens with one attached hydrogen (secondary N) is 2. The lowest BCUT2D eigenvalue weighted by atomic mass is 10.1. The number of para-hydroxylation sites is 1. The standard InChI is InChI=1S/C20H22N6S/c1-3-16-9-4-5-10-18(16)26-20(27)17(12-21-26)19-22-23-24-25(19)13-15-8-6-7-14(2)11-15/h4-12,23-24,27H,3,13H2,1-2H3. The van der Waals surface area contributed by atoms with Crippen molar-refractivity contribution in [1.29, 1.82) is 0 Å². The smallest absolute Gasteiger partial charge is 0.177 e. The molecule has 0 radical (unpaired) electrons. The number of hydrazone groups is 1. The van der Waals surface area contributed by atoms with Gasteiger partial charge >= 0.3 is 0 Å². The van der Waals surface area contributed by atoms with Crippen LogP contribution in [0.1, 0.15) is 29.2 Å².